The summed E-state index contributed by atoms with van der Waals surface area (Å²) in [5.41, 5.74) is 6.33. The van der Waals surface area contributed by atoms with E-state index in [1.165, 1.54) is 4.31 Å². The number of primary amides is 1. The maximum absolute atomic E-state index is 12.6. The van der Waals surface area contributed by atoms with Crippen LogP contribution in [0.25, 0.3) is 0 Å². The monoisotopic (exact) mass is 310 g/mol. The molecule has 1 unspecified atom stereocenters. The van der Waals surface area contributed by atoms with E-state index in [1.54, 1.807) is 12.1 Å². The standard InChI is InChI=1S/C15H22N2O3S/c1-15(2,3)11-6-8-12(9-7-11)21(19,20)17-10-4-5-13(17)14(16)18/h6-9,13H,4-5,10H2,1-3H3,(H2,16,18). The van der Waals surface area contributed by atoms with Crippen molar-refractivity contribution in [2.24, 2.45) is 5.73 Å². The Balaban J connectivity index is 2.34. The van der Waals surface area contributed by atoms with Gasteiger partial charge in [-0.3, -0.25) is 4.79 Å². The number of sulfonamides is 1. The largest absolute Gasteiger partial charge is 0.368 e. The predicted octanol–water partition coefficient (Wildman–Crippen LogP) is 1.62. The molecule has 6 heteroatoms. The molecule has 5 nitrogen and oxygen atoms in total. The number of hydrogen-bond acceptors (Lipinski definition) is 3. The van der Waals surface area contributed by atoms with E-state index >= 15 is 0 Å². The van der Waals surface area contributed by atoms with Crippen molar-refractivity contribution in [1.82, 2.24) is 4.31 Å². The Hall–Kier alpha value is -1.40. The van der Waals surface area contributed by atoms with Gasteiger partial charge in [0.25, 0.3) is 0 Å². The van der Waals surface area contributed by atoms with Crippen LogP contribution in [0.2, 0.25) is 0 Å². The molecule has 0 bridgehead atoms. The zero-order chi connectivity index (χ0) is 15.8. The second kappa shape index (κ2) is 5.42. The van der Waals surface area contributed by atoms with E-state index in [9.17, 15) is 13.2 Å². The topological polar surface area (TPSA) is 80.5 Å². The Morgan fingerprint density at radius 1 is 1.24 bits per heavy atom. The molecule has 1 aromatic rings. The molecule has 1 aromatic carbocycles. The minimum Gasteiger partial charge on any atom is -0.368 e. The molecule has 1 aliphatic rings. The van der Waals surface area contributed by atoms with Gasteiger partial charge in [-0.15, -0.1) is 0 Å². The maximum atomic E-state index is 12.6. The first-order chi connectivity index (χ1) is 9.64. The van der Waals surface area contributed by atoms with Crippen LogP contribution in [0, 0.1) is 0 Å². The minimum absolute atomic E-state index is 0.0360. The summed E-state index contributed by atoms with van der Waals surface area (Å²) in [5.74, 6) is -0.581. The zero-order valence-corrected chi connectivity index (χ0v) is 13.5. The number of amides is 1. The Kier molecular flexibility index (Phi) is 4.13. The first kappa shape index (κ1) is 16.0. The van der Waals surface area contributed by atoms with E-state index in [2.05, 4.69) is 20.8 Å². The number of benzene rings is 1. The van der Waals surface area contributed by atoms with Gasteiger partial charge in [0.05, 0.1) is 4.90 Å². The normalized spacial score (nSPS) is 20.6. The molecular formula is C15H22N2O3S. The molecule has 0 aliphatic carbocycles. The van der Waals surface area contributed by atoms with E-state index in [0.29, 0.717) is 19.4 Å². The van der Waals surface area contributed by atoms with Crippen LogP contribution in [-0.2, 0) is 20.2 Å². The van der Waals surface area contributed by atoms with E-state index < -0.39 is 22.0 Å². The average Bonchev–Trinajstić information content (AvgIpc) is 2.88. The van der Waals surface area contributed by atoms with Crippen LogP contribution >= 0.6 is 0 Å². The molecule has 0 saturated carbocycles. The fraction of sp³-hybridized carbons (Fsp3) is 0.533. The lowest BCUT2D eigenvalue weighted by atomic mass is 9.87. The lowest BCUT2D eigenvalue weighted by Gasteiger charge is -2.23. The number of nitrogens with zero attached hydrogens (tertiary/aromatic N) is 1. The Labute approximate surface area is 126 Å². The summed E-state index contributed by atoms with van der Waals surface area (Å²) < 4.78 is 26.5. The Morgan fingerprint density at radius 2 is 1.81 bits per heavy atom. The van der Waals surface area contributed by atoms with Gasteiger partial charge >= 0.3 is 0 Å². The fourth-order valence-corrected chi connectivity index (χ4v) is 4.24. The van der Waals surface area contributed by atoms with Crippen LogP contribution in [-0.4, -0.2) is 31.2 Å². The molecule has 1 heterocycles. The van der Waals surface area contributed by atoms with Gasteiger partial charge in [-0.05, 0) is 36.0 Å². The second-order valence-electron chi connectivity index (χ2n) is 6.45. The van der Waals surface area contributed by atoms with Gasteiger partial charge in [-0.25, -0.2) is 8.42 Å². The van der Waals surface area contributed by atoms with Gasteiger partial charge < -0.3 is 5.73 Å². The quantitative estimate of drug-likeness (QED) is 0.921. The second-order valence-corrected chi connectivity index (χ2v) is 8.34. The van der Waals surface area contributed by atoms with Gasteiger partial charge in [0.2, 0.25) is 15.9 Å². The fourth-order valence-electron chi connectivity index (χ4n) is 2.57. The van der Waals surface area contributed by atoms with Crippen molar-refractivity contribution in [3.8, 4) is 0 Å². The minimum atomic E-state index is -3.66. The molecule has 1 amide bonds. The first-order valence-corrected chi connectivity index (χ1v) is 8.50. The third kappa shape index (κ3) is 3.11. The highest BCUT2D eigenvalue weighted by molar-refractivity contribution is 7.89. The summed E-state index contributed by atoms with van der Waals surface area (Å²) in [6.45, 7) is 6.55. The molecule has 116 valence electrons. The van der Waals surface area contributed by atoms with Crippen molar-refractivity contribution in [3.63, 3.8) is 0 Å². The molecule has 0 aromatic heterocycles. The lowest BCUT2D eigenvalue weighted by Crippen LogP contribution is -2.43. The molecule has 2 rings (SSSR count). The predicted molar refractivity (Wildman–Crippen MR) is 81.3 cm³/mol. The van der Waals surface area contributed by atoms with Crippen LogP contribution < -0.4 is 5.73 Å². The van der Waals surface area contributed by atoms with Crippen LogP contribution in [0.4, 0.5) is 0 Å². The highest BCUT2D eigenvalue weighted by Gasteiger charge is 2.38. The molecule has 0 spiro atoms. The summed E-state index contributed by atoms with van der Waals surface area (Å²) in [7, 11) is -3.66. The van der Waals surface area contributed by atoms with E-state index in [-0.39, 0.29) is 10.3 Å². The zero-order valence-electron chi connectivity index (χ0n) is 12.7. The van der Waals surface area contributed by atoms with Gasteiger partial charge in [-0.2, -0.15) is 4.31 Å². The summed E-state index contributed by atoms with van der Waals surface area (Å²) in [4.78, 5) is 11.6. The molecule has 1 aliphatic heterocycles. The van der Waals surface area contributed by atoms with Crippen molar-refractivity contribution >= 4 is 15.9 Å². The molecule has 1 fully saturated rings. The van der Waals surface area contributed by atoms with Crippen LogP contribution in [0.3, 0.4) is 0 Å². The van der Waals surface area contributed by atoms with E-state index in [4.69, 9.17) is 5.73 Å². The van der Waals surface area contributed by atoms with E-state index in [0.717, 1.165) is 5.56 Å². The Morgan fingerprint density at radius 3 is 2.29 bits per heavy atom. The number of rotatable bonds is 3. The third-order valence-corrected chi connectivity index (χ3v) is 5.78. The van der Waals surface area contributed by atoms with Crippen LogP contribution in [0.5, 0.6) is 0 Å². The van der Waals surface area contributed by atoms with Gasteiger partial charge in [0, 0.05) is 6.54 Å². The van der Waals surface area contributed by atoms with Crippen molar-refractivity contribution in [1.29, 1.82) is 0 Å². The highest BCUT2D eigenvalue weighted by Crippen LogP contribution is 2.28. The number of carbonyl (C=O) groups is 1. The number of hydrogen-bond donors (Lipinski definition) is 1. The molecule has 0 radical (unpaired) electrons. The highest BCUT2D eigenvalue weighted by atomic mass is 32.2. The van der Waals surface area contributed by atoms with Crippen molar-refractivity contribution < 1.29 is 13.2 Å². The summed E-state index contributed by atoms with van der Waals surface area (Å²) in [6.07, 6.45) is 1.15. The third-order valence-electron chi connectivity index (χ3n) is 3.86. The number of carbonyl (C=O) groups excluding carboxylic acids is 1. The van der Waals surface area contributed by atoms with Crippen molar-refractivity contribution in [2.45, 2.75) is 50.0 Å². The maximum Gasteiger partial charge on any atom is 0.243 e. The molecule has 1 saturated heterocycles. The van der Waals surface area contributed by atoms with Gasteiger partial charge in [-0.1, -0.05) is 32.9 Å². The Bertz CT molecular complexity index is 630. The van der Waals surface area contributed by atoms with E-state index in [1.807, 2.05) is 12.1 Å². The molecular weight excluding hydrogens is 288 g/mol. The summed E-state index contributed by atoms with van der Waals surface area (Å²) in [5, 5.41) is 0. The number of nitrogens with two attached hydrogens (primary N) is 1. The smallest absolute Gasteiger partial charge is 0.243 e. The van der Waals surface area contributed by atoms with Gasteiger partial charge in [0.1, 0.15) is 6.04 Å². The van der Waals surface area contributed by atoms with Crippen molar-refractivity contribution in [2.75, 3.05) is 6.54 Å². The van der Waals surface area contributed by atoms with Crippen molar-refractivity contribution in [3.05, 3.63) is 29.8 Å². The first-order valence-electron chi connectivity index (χ1n) is 7.06. The van der Waals surface area contributed by atoms with Crippen LogP contribution in [0.15, 0.2) is 29.2 Å². The van der Waals surface area contributed by atoms with Crippen LogP contribution in [0.1, 0.15) is 39.2 Å². The van der Waals surface area contributed by atoms with Gasteiger partial charge in [0.15, 0.2) is 0 Å². The summed E-state index contributed by atoms with van der Waals surface area (Å²) >= 11 is 0. The lowest BCUT2D eigenvalue weighted by molar-refractivity contribution is -0.121. The SMILES string of the molecule is CC(C)(C)c1ccc(S(=O)(=O)N2CCCC2C(N)=O)cc1. The molecule has 2 N–H and O–H groups in total. The molecule has 1 atom stereocenters. The molecule has 21 heavy (non-hydrogen) atoms. The average molecular weight is 310 g/mol. The summed E-state index contributed by atoms with van der Waals surface area (Å²) in [6, 6.07) is 6.13.